The van der Waals surface area contributed by atoms with Crippen molar-refractivity contribution >= 4 is 18.3 Å². The summed E-state index contributed by atoms with van der Waals surface area (Å²) in [6.07, 6.45) is 1.42. The van der Waals surface area contributed by atoms with Gasteiger partial charge in [0.25, 0.3) is 5.91 Å². The molecule has 4 N–H and O–H groups in total. The molecule has 2 aromatic rings. The molecular formula is C16H23ClN4O2. The summed E-state index contributed by atoms with van der Waals surface area (Å²) in [4.78, 5) is 12.4. The quantitative estimate of drug-likeness (QED) is 0.778. The van der Waals surface area contributed by atoms with Crippen molar-refractivity contribution in [1.82, 2.24) is 15.1 Å². The van der Waals surface area contributed by atoms with Crippen LogP contribution in [0.3, 0.4) is 0 Å². The molecule has 0 aliphatic rings. The van der Waals surface area contributed by atoms with E-state index in [1.165, 1.54) is 10.9 Å². The van der Waals surface area contributed by atoms with Crippen molar-refractivity contribution < 1.29 is 9.90 Å². The van der Waals surface area contributed by atoms with Gasteiger partial charge in [-0.15, -0.1) is 12.4 Å². The highest BCUT2D eigenvalue weighted by Gasteiger charge is 2.30. The van der Waals surface area contributed by atoms with Crippen LogP contribution in [-0.2, 0) is 0 Å². The molecule has 0 fully saturated rings. The zero-order valence-electron chi connectivity index (χ0n) is 13.5. The maximum Gasteiger partial charge on any atom is 0.276 e. The molecule has 1 atom stereocenters. The van der Waals surface area contributed by atoms with Gasteiger partial charge in [-0.1, -0.05) is 32.0 Å². The summed E-state index contributed by atoms with van der Waals surface area (Å²) in [5.41, 5.74) is 5.97. The molecule has 1 unspecified atom stereocenters. The number of aromatic nitrogens is 2. The maximum atomic E-state index is 12.4. The van der Waals surface area contributed by atoms with Crippen LogP contribution in [0.2, 0.25) is 0 Å². The van der Waals surface area contributed by atoms with E-state index >= 15 is 0 Å². The lowest BCUT2D eigenvalue weighted by molar-refractivity contribution is 0.0875. The molecule has 1 heterocycles. The summed E-state index contributed by atoms with van der Waals surface area (Å²) in [7, 11) is 0. The number of amides is 1. The topological polar surface area (TPSA) is 93.2 Å². The number of para-hydroxylation sites is 1. The van der Waals surface area contributed by atoms with E-state index < -0.39 is 11.4 Å². The Morgan fingerprint density at radius 1 is 1.39 bits per heavy atom. The number of rotatable bonds is 5. The van der Waals surface area contributed by atoms with E-state index in [4.69, 9.17) is 5.73 Å². The van der Waals surface area contributed by atoms with Gasteiger partial charge >= 0.3 is 0 Å². The number of hydrogen-bond acceptors (Lipinski definition) is 4. The van der Waals surface area contributed by atoms with Crippen molar-refractivity contribution in [1.29, 1.82) is 0 Å². The third-order valence-corrected chi connectivity index (χ3v) is 4.03. The van der Waals surface area contributed by atoms with Crippen LogP contribution in [-0.4, -0.2) is 32.9 Å². The van der Waals surface area contributed by atoms with Crippen LogP contribution < -0.4 is 11.1 Å². The molecule has 0 aliphatic heterocycles. The van der Waals surface area contributed by atoms with Gasteiger partial charge in [-0.3, -0.25) is 4.79 Å². The zero-order valence-corrected chi connectivity index (χ0v) is 14.3. The fourth-order valence-electron chi connectivity index (χ4n) is 1.99. The molecule has 2 rings (SSSR count). The van der Waals surface area contributed by atoms with Gasteiger partial charge in [-0.25, -0.2) is 4.68 Å². The second-order valence-electron chi connectivity index (χ2n) is 5.87. The molecular weight excluding hydrogens is 316 g/mol. The van der Waals surface area contributed by atoms with E-state index in [1.807, 2.05) is 51.1 Å². The molecule has 0 aliphatic carbocycles. The van der Waals surface area contributed by atoms with Crippen molar-refractivity contribution in [2.45, 2.75) is 26.3 Å². The minimum atomic E-state index is -0.556. The number of aromatic hydroxyl groups is 1. The molecule has 23 heavy (non-hydrogen) atoms. The Morgan fingerprint density at radius 3 is 2.52 bits per heavy atom. The van der Waals surface area contributed by atoms with Crippen LogP contribution in [0.5, 0.6) is 5.75 Å². The van der Waals surface area contributed by atoms with E-state index in [9.17, 15) is 9.90 Å². The SMILES string of the molecule is CC(C)C(C)(CN)NC(=O)c1nn(-c2ccccc2)cc1O.Cl. The van der Waals surface area contributed by atoms with Crippen molar-refractivity contribution in [3.05, 3.63) is 42.2 Å². The van der Waals surface area contributed by atoms with Crippen LogP contribution in [0.15, 0.2) is 36.5 Å². The average molecular weight is 339 g/mol. The van der Waals surface area contributed by atoms with E-state index in [0.29, 0.717) is 6.54 Å². The molecule has 0 saturated heterocycles. The number of carbonyl (C=O) groups is 1. The number of carbonyl (C=O) groups excluding carboxylic acids is 1. The Bertz CT molecular complexity index is 657. The lowest BCUT2D eigenvalue weighted by Gasteiger charge is -2.33. The molecule has 0 saturated carbocycles. The molecule has 1 aromatic carbocycles. The summed E-state index contributed by atoms with van der Waals surface area (Å²) in [6.45, 7) is 6.14. The lowest BCUT2D eigenvalue weighted by atomic mass is 9.88. The van der Waals surface area contributed by atoms with E-state index in [2.05, 4.69) is 10.4 Å². The normalized spacial score (nSPS) is 13.3. The van der Waals surface area contributed by atoms with Gasteiger partial charge in [0, 0.05) is 6.54 Å². The molecule has 6 nitrogen and oxygen atoms in total. The van der Waals surface area contributed by atoms with Gasteiger partial charge in [-0.05, 0) is 25.0 Å². The fourth-order valence-corrected chi connectivity index (χ4v) is 1.99. The molecule has 1 amide bonds. The van der Waals surface area contributed by atoms with Gasteiger partial charge in [0.1, 0.15) is 0 Å². The summed E-state index contributed by atoms with van der Waals surface area (Å²) in [5, 5.41) is 17.0. The lowest BCUT2D eigenvalue weighted by Crippen LogP contribution is -2.55. The molecule has 7 heteroatoms. The summed E-state index contributed by atoms with van der Waals surface area (Å²) >= 11 is 0. The first-order chi connectivity index (χ1) is 10.4. The third kappa shape index (κ3) is 4.03. The highest BCUT2D eigenvalue weighted by Crippen LogP contribution is 2.21. The number of nitrogens with one attached hydrogen (secondary N) is 1. The van der Waals surface area contributed by atoms with E-state index in [1.54, 1.807) is 0 Å². The van der Waals surface area contributed by atoms with Crippen LogP contribution in [0.4, 0.5) is 0 Å². The number of nitrogens with zero attached hydrogens (tertiary/aromatic N) is 2. The second-order valence-corrected chi connectivity index (χ2v) is 5.87. The number of nitrogens with two attached hydrogens (primary N) is 1. The molecule has 0 radical (unpaired) electrons. The Morgan fingerprint density at radius 2 is 2.00 bits per heavy atom. The fraction of sp³-hybridized carbons (Fsp3) is 0.375. The smallest absolute Gasteiger partial charge is 0.276 e. The predicted molar refractivity (Wildman–Crippen MR) is 92.2 cm³/mol. The minimum absolute atomic E-state index is 0. The van der Waals surface area contributed by atoms with Crippen LogP contribution in [0.1, 0.15) is 31.3 Å². The van der Waals surface area contributed by atoms with Crippen molar-refractivity contribution in [3.8, 4) is 11.4 Å². The molecule has 0 bridgehead atoms. The summed E-state index contributed by atoms with van der Waals surface area (Å²) < 4.78 is 1.47. The average Bonchev–Trinajstić information content (AvgIpc) is 2.90. The molecule has 1 aromatic heterocycles. The number of halogens is 1. The van der Waals surface area contributed by atoms with Crippen LogP contribution in [0.25, 0.3) is 5.69 Å². The Kier molecular flexibility index (Phi) is 6.18. The van der Waals surface area contributed by atoms with Gasteiger partial charge in [0.05, 0.1) is 17.4 Å². The van der Waals surface area contributed by atoms with Gasteiger partial charge < -0.3 is 16.2 Å². The Balaban J connectivity index is 0.00000264. The van der Waals surface area contributed by atoms with E-state index in [0.717, 1.165) is 5.69 Å². The Hall–Kier alpha value is -2.05. The Labute approximate surface area is 142 Å². The summed E-state index contributed by atoms with van der Waals surface area (Å²) in [6, 6.07) is 9.28. The first-order valence-corrected chi connectivity index (χ1v) is 7.24. The number of hydrogen-bond donors (Lipinski definition) is 3. The van der Waals surface area contributed by atoms with Crippen molar-refractivity contribution in [3.63, 3.8) is 0 Å². The maximum absolute atomic E-state index is 12.4. The standard InChI is InChI=1S/C16H22N4O2.ClH/c1-11(2)16(3,10-17)18-15(22)14-13(21)9-20(19-14)12-7-5-4-6-8-12;/h4-9,11,21H,10,17H2,1-3H3,(H,18,22);1H. The third-order valence-electron chi connectivity index (χ3n) is 4.03. The highest BCUT2D eigenvalue weighted by molar-refractivity contribution is 5.95. The van der Waals surface area contributed by atoms with Gasteiger partial charge in [0.15, 0.2) is 11.4 Å². The van der Waals surface area contributed by atoms with Gasteiger partial charge in [-0.2, -0.15) is 5.10 Å². The minimum Gasteiger partial charge on any atom is -0.504 e. The van der Waals surface area contributed by atoms with Crippen LogP contribution >= 0.6 is 12.4 Å². The second kappa shape index (κ2) is 7.48. The van der Waals surface area contributed by atoms with E-state index in [-0.39, 0.29) is 29.8 Å². The zero-order chi connectivity index (χ0) is 16.3. The number of benzene rings is 1. The van der Waals surface area contributed by atoms with Crippen molar-refractivity contribution in [2.75, 3.05) is 6.54 Å². The predicted octanol–water partition coefficient (Wildman–Crippen LogP) is 2.10. The van der Waals surface area contributed by atoms with Gasteiger partial charge in [0.2, 0.25) is 0 Å². The van der Waals surface area contributed by atoms with Crippen LogP contribution in [0, 0.1) is 5.92 Å². The monoisotopic (exact) mass is 338 g/mol. The summed E-state index contributed by atoms with van der Waals surface area (Å²) in [5.74, 6) is -0.446. The first kappa shape index (κ1) is 19.0. The largest absolute Gasteiger partial charge is 0.504 e. The van der Waals surface area contributed by atoms with Crippen molar-refractivity contribution in [2.24, 2.45) is 11.7 Å². The first-order valence-electron chi connectivity index (χ1n) is 7.24. The molecule has 126 valence electrons. The molecule has 0 spiro atoms. The highest BCUT2D eigenvalue weighted by atomic mass is 35.5.